The molecule has 2 aromatic rings. The van der Waals surface area contributed by atoms with Crippen LogP contribution in [0.5, 0.6) is 0 Å². The second-order valence-corrected chi connectivity index (χ2v) is 6.01. The Hall–Kier alpha value is -1.62. The Bertz CT molecular complexity index is 589. The zero-order chi connectivity index (χ0) is 14.1. The smallest absolute Gasteiger partial charge is 0.155 e. The maximum atomic E-state index is 5.75. The van der Waals surface area contributed by atoms with Gasteiger partial charge in [-0.15, -0.1) is 0 Å². The van der Waals surface area contributed by atoms with Gasteiger partial charge >= 0.3 is 0 Å². The van der Waals surface area contributed by atoms with Gasteiger partial charge in [-0.05, 0) is 33.2 Å². The number of likely N-dealkylation sites (tertiary alicyclic amines) is 1. The van der Waals surface area contributed by atoms with Crippen LogP contribution in [0.3, 0.4) is 0 Å². The number of fused-ring (bicyclic) bond motifs is 1. The first-order valence-corrected chi connectivity index (χ1v) is 7.49. The summed E-state index contributed by atoms with van der Waals surface area (Å²) in [7, 11) is 0. The molecule has 0 radical (unpaired) electrons. The predicted molar refractivity (Wildman–Crippen MR) is 80.6 cm³/mol. The lowest BCUT2D eigenvalue weighted by molar-refractivity contribution is 0.111. The van der Waals surface area contributed by atoms with Gasteiger partial charge < -0.3 is 5.73 Å². The normalized spacial score (nSPS) is 20.9. The van der Waals surface area contributed by atoms with Crippen LogP contribution < -0.4 is 5.73 Å². The number of aromatic nitrogens is 3. The molecule has 3 rings (SSSR count). The van der Waals surface area contributed by atoms with Gasteiger partial charge in [0, 0.05) is 24.6 Å². The number of piperidine rings is 1. The molecule has 0 amide bonds. The highest BCUT2D eigenvalue weighted by atomic mass is 15.3. The molecule has 108 valence electrons. The Morgan fingerprint density at radius 3 is 3.05 bits per heavy atom. The van der Waals surface area contributed by atoms with Crippen molar-refractivity contribution in [3.05, 3.63) is 24.2 Å². The Morgan fingerprint density at radius 1 is 1.40 bits per heavy atom. The lowest BCUT2D eigenvalue weighted by atomic mass is 9.96. The summed E-state index contributed by atoms with van der Waals surface area (Å²) < 4.78 is 1.78. The van der Waals surface area contributed by atoms with Crippen LogP contribution in [0.4, 0.5) is 5.69 Å². The zero-order valence-corrected chi connectivity index (χ0v) is 12.3. The van der Waals surface area contributed by atoms with Gasteiger partial charge in [-0.3, -0.25) is 4.90 Å². The summed E-state index contributed by atoms with van der Waals surface area (Å²) in [4.78, 5) is 6.92. The molecule has 0 aliphatic carbocycles. The number of nitrogens with zero attached hydrogens (tertiary/aromatic N) is 4. The van der Waals surface area contributed by atoms with E-state index in [1.54, 1.807) is 10.7 Å². The van der Waals surface area contributed by atoms with Crippen LogP contribution in [0.25, 0.3) is 5.65 Å². The van der Waals surface area contributed by atoms with Crippen molar-refractivity contribution < 1.29 is 0 Å². The van der Waals surface area contributed by atoms with Crippen molar-refractivity contribution >= 4 is 11.3 Å². The van der Waals surface area contributed by atoms with Crippen LogP contribution in [0.15, 0.2) is 18.5 Å². The topological polar surface area (TPSA) is 59.5 Å². The fourth-order valence-corrected chi connectivity index (χ4v) is 3.20. The summed E-state index contributed by atoms with van der Waals surface area (Å²) in [5.74, 6) is 0. The van der Waals surface area contributed by atoms with Gasteiger partial charge in [-0.2, -0.15) is 5.10 Å². The molecule has 1 aliphatic rings. The molecule has 1 unspecified atom stereocenters. The van der Waals surface area contributed by atoms with Gasteiger partial charge in [0.15, 0.2) is 5.65 Å². The molecule has 1 saturated heterocycles. The SMILES string of the molecule is CC(C)N1CCCCC1Cc1cc2ncc(N)cn2n1. The van der Waals surface area contributed by atoms with Crippen molar-refractivity contribution in [2.24, 2.45) is 0 Å². The molecule has 20 heavy (non-hydrogen) atoms. The van der Waals surface area contributed by atoms with E-state index in [1.165, 1.54) is 25.8 Å². The van der Waals surface area contributed by atoms with E-state index < -0.39 is 0 Å². The fourth-order valence-electron chi connectivity index (χ4n) is 3.20. The number of rotatable bonds is 3. The lowest BCUT2D eigenvalue weighted by Crippen LogP contribution is -2.45. The van der Waals surface area contributed by atoms with Crippen LogP contribution in [0, 0.1) is 0 Å². The van der Waals surface area contributed by atoms with Crippen molar-refractivity contribution in [2.75, 3.05) is 12.3 Å². The van der Waals surface area contributed by atoms with Gasteiger partial charge in [0.1, 0.15) is 0 Å². The van der Waals surface area contributed by atoms with Crippen molar-refractivity contribution in [2.45, 2.75) is 51.6 Å². The summed E-state index contributed by atoms with van der Waals surface area (Å²) in [5, 5.41) is 4.61. The average molecular weight is 273 g/mol. The number of hydrogen-bond acceptors (Lipinski definition) is 4. The van der Waals surface area contributed by atoms with Crippen molar-refractivity contribution in [1.29, 1.82) is 0 Å². The van der Waals surface area contributed by atoms with E-state index in [9.17, 15) is 0 Å². The second-order valence-electron chi connectivity index (χ2n) is 6.01. The van der Waals surface area contributed by atoms with Crippen LogP contribution >= 0.6 is 0 Å². The first kappa shape index (κ1) is 13.4. The van der Waals surface area contributed by atoms with Gasteiger partial charge in [-0.25, -0.2) is 9.50 Å². The quantitative estimate of drug-likeness (QED) is 0.930. The van der Waals surface area contributed by atoms with E-state index in [-0.39, 0.29) is 0 Å². The number of anilines is 1. The minimum absolute atomic E-state index is 0.603. The molecule has 1 aliphatic heterocycles. The summed E-state index contributed by atoms with van der Waals surface area (Å²) in [5.41, 5.74) is 8.38. The lowest BCUT2D eigenvalue weighted by Gasteiger charge is -2.38. The Kier molecular flexibility index (Phi) is 3.61. The summed E-state index contributed by atoms with van der Waals surface area (Å²) in [6, 6.07) is 3.28. The summed E-state index contributed by atoms with van der Waals surface area (Å²) in [6.45, 7) is 5.77. The fraction of sp³-hybridized carbons (Fsp3) is 0.600. The third-order valence-corrected chi connectivity index (χ3v) is 4.16. The van der Waals surface area contributed by atoms with Gasteiger partial charge in [0.05, 0.1) is 23.8 Å². The third kappa shape index (κ3) is 2.63. The third-order valence-electron chi connectivity index (χ3n) is 4.16. The average Bonchev–Trinajstić information content (AvgIpc) is 2.80. The Balaban J connectivity index is 1.80. The number of nitrogen functional groups attached to an aromatic ring is 1. The molecule has 3 heterocycles. The van der Waals surface area contributed by atoms with Crippen LogP contribution in [-0.2, 0) is 6.42 Å². The molecular formula is C15H23N5. The van der Waals surface area contributed by atoms with Crippen LogP contribution in [0.2, 0.25) is 0 Å². The Morgan fingerprint density at radius 2 is 2.25 bits per heavy atom. The predicted octanol–water partition coefficient (Wildman–Crippen LogP) is 2.12. The standard InChI is InChI=1S/C15H23N5/c1-11(2)19-6-4-3-5-14(19)7-13-8-15-17-9-12(16)10-20(15)18-13/h8-11,14H,3-7,16H2,1-2H3. The minimum Gasteiger partial charge on any atom is -0.396 e. The van der Waals surface area contributed by atoms with E-state index in [0.717, 1.165) is 17.8 Å². The van der Waals surface area contributed by atoms with E-state index in [4.69, 9.17) is 5.73 Å². The molecule has 5 nitrogen and oxygen atoms in total. The van der Waals surface area contributed by atoms with Crippen molar-refractivity contribution in [3.63, 3.8) is 0 Å². The van der Waals surface area contributed by atoms with Gasteiger partial charge in [-0.1, -0.05) is 6.42 Å². The molecule has 1 atom stereocenters. The highest BCUT2D eigenvalue weighted by Crippen LogP contribution is 2.22. The maximum absolute atomic E-state index is 5.75. The van der Waals surface area contributed by atoms with Gasteiger partial charge in [0.2, 0.25) is 0 Å². The second kappa shape index (κ2) is 5.40. The van der Waals surface area contributed by atoms with Crippen molar-refractivity contribution in [1.82, 2.24) is 19.5 Å². The Labute approximate surface area is 119 Å². The first-order valence-electron chi connectivity index (χ1n) is 7.49. The van der Waals surface area contributed by atoms with Crippen molar-refractivity contribution in [3.8, 4) is 0 Å². The van der Waals surface area contributed by atoms with Gasteiger partial charge in [0.25, 0.3) is 0 Å². The highest BCUT2D eigenvalue weighted by Gasteiger charge is 2.25. The molecule has 0 aromatic carbocycles. The first-order chi connectivity index (χ1) is 9.63. The minimum atomic E-state index is 0.603. The number of nitrogens with two attached hydrogens (primary N) is 1. The molecule has 0 bridgehead atoms. The van der Waals surface area contributed by atoms with E-state index in [0.29, 0.717) is 17.8 Å². The maximum Gasteiger partial charge on any atom is 0.155 e. The molecule has 2 aromatic heterocycles. The molecule has 0 spiro atoms. The van der Waals surface area contributed by atoms with Crippen LogP contribution in [0.1, 0.15) is 38.8 Å². The molecular weight excluding hydrogens is 250 g/mol. The highest BCUT2D eigenvalue weighted by molar-refractivity contribution is 5.44. The number of hydrogen-bond donors (Lipinski definition) is 1. The molecule has 0 saturated carbocycles. The molecule has 5 heteroatoms. The molecule has 2 N–H and O–H groups in total. The van der Waals surface area contributed by atoms with E-state index >= 15 is 0 Å². The zero-order valence-electron chi connectivity index (χ0n) is 12.3. The summed E-state index contributed by atoms with van der Waals surface area (Å²) in [6.07, 6.45) is 8.42. The van der Waals surface area contributed by atoms with E-state index in [2.05, 4.69) is 34.9 Å². The largest absolute Gasteiger partial charge is 0.396 e. The van der Waals surface area contributed by atoms with E-state index in [1.807, 2.05) is 6.20 Å². The monoisotopic (exact) mass is 273 g/mol. The summed E-state index contributed by atoms with van der Waals surface area (Å²) >= 11 is 0. The van der Waals surface area contributed by atoms with Crippen LogP contribution in [-0.4, -0.2) is 38.1 Å². The molecule has 1 fully saturated rings.